The SMILES string of the molecule is CCCc1cccc(-c2ccc(F)cc2CNCC)c1. The number of aryl methyl sites for hydroxylation is 1. The Kier molecular flexibility index (Phi) is 5.31. The zero-order valence-corrected chi connectivity index (χ0v) is 12.2. The first kappa shape index (κ1) is 14.7. The Hall–Kier alpha value is -1.67. The summed E-state index contributed by atoms with van der Waals surface area (Å²) in [7, 11) is 0. The van der Waals surface area contributed by atoms with Crippen molar-refractivity contribution in [3.8, 4) is 11.1 Å². The Balaban J connectivity index is 2.37. The van der Waals surface area contributed by atoms with E-state index in [-0.39, 0.29) is 5.82 Å². The van der Waals surface area contributed by atoms with Crippen LogP contribution in [0, 0.1) is 5.82 Å². The van der Waals surface area contributed by atoms with E-state index < -0.39 is 0 Å². The Morgan fingerprint density at radius 2 is 1.90 bits per heavy atom. The molecular formula is C18H22FN. The molecule has 0 aromatic heterocycles. The lowest BCUT2D eigenvalue weighted by molar-refractivity contribution is 0.622. The van der Waals surface area contributed by atoms with Crippen molar-refractivity contribution in [2.75, 3.05) is 6.54 Å². The fraction of sp³-hybridized carbons (Fsp3) is 0.333. The molecular weight excluding hydrogens is 249 g/mol. The molecule has 0 radical (unpaired) electrons. The lowest BCUT2D eigenvalue weighted by Gasteiger charge is -2.12. The molecule has 0 aliphatic carbocycles. The first-order valence-corrected chi connectivity index (χ1v) is 7.33. The largest absolute Gasteiger partial charge is 0.313 e. The van der Waals surface area contributed by atoms with Gasteiger partial charge in [0.2, 0.25) is 0 Å². The van der Waals surface area contributed by atoms with Gasteiger partial charge in [-0.05, 0) is 47.4 Å². The standard InChI is InChI=1S/C18H22FN/c1-3-6-14-7-5-8-15(11-14)18-10-9-17(19)12-16(18)13-20-4-2/h5,7-12,20H,3-4,6,13H2,1-2H3. The number of hydrogen-bond donors (Lipinski definition) is 1. The molecule has 1 N–H and O–H groups in total. The van der Waals surface area contributed by atoms with E-state index in [1.54, 1.807) is 6.07 Å². The normalized spacial score (nSPS) is 10.8. The number of hydrogen-bond acceptors (Lipinski definition) is 1. The highest BCUT2D eigenvalue weighted by atomic mass is 19.1. The van der Waals surface area contributed by atoms with Crippen LogP contribution in [0.2, 0.25) is 0 Å². The average Bonchev–Trinajstić information content (AvgIpc) is 2.46. The van der Waals surface area contributed by atoms with Crippen LogP contribution in [0.4, 0.5) is 4.39 Å². The second kappa shape index (κ2) is 7.20. The molecule has 20 heavy (non-hydrogen) atoms. The van der Waals surface area contributed by atoms with Crippen LogP contribution in [-0.2, 0) is 13.0 Å². The molecule has 0 unspecified atom stereocenters. The lowest BCUT2D eigenvalue weighted by Crippen LogP contribution is -2.12. The van der Waals surface area contributed by atoms with Gasteiger partial charge in [-0.1, -0.05) is 50.6 Å². The molecule has 0 heterocycles. The Labute approximate surface area is 120 Å². The molecule has 0 bridgehead atoms. The van der Waals surface area contributed by atoms with Gasteiger partial charge in [-0.3, -0.25) is 0 Å². The third-order valence-electron chi connectivity index (χ3n) is 3.41. The third kappa shape index (κ3) is 3.67. The number of rotatable bonds is 6. The number of nitrogens with one attached hydrogen (secondary N) is 1. The first-order chi connectivity index (χ1) is 9.74. The Morgan fingerprint density at radius 3 is 2.65 bits per heavy atom. The highest BCUT2D eigenvalue weighted by molar-refractivity contribution is 5.68. The van der Waals surface area contributed by atoms with Crippen LogP contribution in [0.25, 0.3) is 11.1 Å². The van der Waals surface area contributed by atoms with Gasteiger partial charge in [0.15, 0.2) is 0 Å². The molecule has 2 rings (SSSR count). The summed E-state index contributed by atoms with van der Waals surface area (Å²) < 4.78 is 13.5. The van der Waals surface area contributed by atoms with Gasteiger partial charge >= 0.3 is 0 Å². The van der Waals surface area contributed by atoms with Crippen LogP contribution in [0.5, 0.6) is 0 Å². The molecule has 0 aliphatic rings. The molecule has 0 spiro atoms. The summed E-state index contributed by atoms with van der Waals surface area (Å²) in [4.78, 5) is 0. The van der Waals surface area contributed by atoms with Crippen molar-refractivity contribution in [3.05, 3.63) is 59.4 Å². The van der Waals surface area contributed by atoms with Gasteiger partial charge in [-0.15, -0.1) is 0 Å². The van der Waals surface area contributed by atoms with E-state index >= 15 is 0 Å². The van der Waals surface area contributed by atoms with Crippen molar-refractivity contribution in [3.63, 3.8) is 0 Å². The smallest absolute Gasteiger partial charge is 0.123 e. The van der Waals surface area contributed by atoms with E-state index in [0.29, 0.717) is 6.54 Å². The summed E-state index contributed by atoms with van der Waals surface area (Å²) in [6.45, 7) is 5.81. The fourth-order valence-corrected chi connectivity index (χ4v) is 2.43. The predicted octanol–water partition coefficient (Wildman–Crippen LogP) is 4.55. The molecule has 0 aliphatic heterocycles. The van der Waals surface area contributed by atoms with E-state index in [4.69, 9.17) is 0 Å². The van der Waals surface area contributed by atoms with Crippen LogP contribution >= 0.6 is 0 Å². The maximum absolute atomic E-state index is 13.5. The van der Waals surface area contributed by atoms with Crippen LogP contribution in [0.1, 0.15) is 31.4 Å². The third-order valence-corrected chi connectivity index (χ3v) is 3.41. The Bertz CT molecular complexity index is 563. The van der Waals surface area contributed by atoms with Crippen LogP contribution in [-0.4, -0.2) is 6.54 Å². The van der Waals surface area contributed by atoms with Crippen LogP contribution in [0.3, 0.4) is 0 Å². The summed E-state index contributed by atoms with van der Waals surface area (Å²) in [5, 5.41) is 3.28. The molecule has 0 atom stereocenters. The van der Waals surface area contributed by atoms with Gasteiger partial charge in [0, 0.05) is 6.54 Å². The topological polar surface area (TPSA) is 12.0 Å². The first-order valence-electron chi connectivity index (χ1n) is 7.33. The summed E-state index contributed by atoms with van der Waals surface area (Å²) in [6.07, 6.45) is 2.22. The van der Waals surface area contributed by atoms with Crippen molar-refractivity contribution in [1.82, 2.24) is 5.32 Å². The fourth-order valence-electron chi connectivity index (χ4n) is 2.43. The van der Waals surface area contributed by atoms with E-state index in [9.17, 15) is 4.39 Å². The zero-order chi connectivity index (χ0) is 14.4. The monoisotopic (exact) mass is 271 g/mol. The average molecular weight is 271 g/mol. The molecule has 0 amide bonds. The quantitative estimate of drug-likeness (QED) is 0.812. The van der Waals surface area contributed by atoms with E-state index in [0.717, 1.165) is 30.5 Å². The van der Waals surface area contributed by atoms with Crippen molar-refractivity contribution >= 4 is 0 Å². The predicted molar refractivity (Wildman–Crippen MR) is 83.2 cm³/mol. The van der Waals surface area contributed by atoms with Gasteiger partial charge in [0.1, 0.15) is 5.82 Å². The molecule has 0 fully saturated rings. The van der Waals surface area contributed by atoms with Crippen molar-refractivity contribution in [2.45, 2.75) is 33.2 Å². The van der Waals surface area contributed by atoms with Crippen molar-refractivity contribution in [1.29, 1.82) is 0 Å². The summed E-state index contributed by atoms with van der Waals surface area (Å²) >= 11 is 0. The molecule has 106 valence electrons. The maximum atomic E-state index is 13.5. The molecule has 1 nitrogen and oxygen atoms in total. The number of benzene rings is 2. The highest BCUT2D eigenvalue weighted by Gasteiger charge is 2.07. The molecule has 0 saturated carbocycles. The van der Waals surface area contributed by atoms with Crippen LogP contribution < -0.4 is 5.32 Å². The van der Waals surface area contributed by atoms with Gasteiger partial charge in [-0.2, -0.15) is 0 Å². The van der Waals surface area contributed by atoms with E-state index in [2.05, 4.69) is 43.4 Å². The van der Waals surface area contributed by atoms with E-state index in [1.807, 2.05) is 6.07 Å². The second-order valence-electron chi connectivity index (χ2n) is 5.03. The molecule has 2 aromatic rings. The van der Waals surface area contributed by atoms with Crippen molar-refractivity contribution in [2.24, 2.45) is 0 Å². The number of halogens is 1. The maximum Gasteiger partial charge on any atom is 0.123 e. The second-order valence-corrected chi connectivity index (χ2v) is 5.03. The summed E-state index contributed by atoms with van der Waals surface area (Å²) in [5.41, 5.74) is 4.64. The molecule has 0 saturated heterocycles. The summed E-state index contributed by atoms with van der Waals surface area (Å²) in [5.74, 6) is -0.175. The minimum atomic E-state index is -0.175. The van der Waals surface area contributed by atoms with Gasteiger partial charge < -0.3 is 5.32 Å². The van der Waals surface area contributed by atoms with Crippen molar-refractivity contribution < 1.29 is 4.39 Å². The highest BCUT2D eigenvalue weighted by Crippen LogP contribution is 2.26. The molecule has 2 aromatic carbocycles. The zero-order valence-electron chi connectivity index (χ0n) is 12.2. The molecule has 2 heteroatoms. The van der Waals surface area contributed by atoms with Gasteiger partial charge in [0.05, 0.1) is 0 Å². The van der Waals surface area contributed by atoms with Crippen LogP contribution in [0.15, 0.2) is 42.5 Å². The Morgan fingerprint density at radius 1 is 1.05 bits per heavy atom. The van der Waals surface area contributed by atoms with Gasteiger partial charge in [-0.25, -0.2) is 4.39 Å². The van der Waals surface area contributed by atoms with Gasteiger partial charge in [0.25, 0.3) is 0 Å². The summed E-state index contributed by atoms with van der Waals surface area (Å²) in [6, 6.07) is 13.6. The lowest BCUT2D eigenvalue weighted by atomic mass is 9.97. The minimum Gasteiger partial charge on any atom is -0.313 e. The minimum absolute atomic E-state index is 0.175. The van der Waals surface area contributed by atoms with E-state index in [1.165, 1.54) is 17.2 Å².